The molecule has 0 amide bonds. The van der Waals surface area contributed by atoms with Crippen LogP contribution >= 0.6 is 11.6 Å². The van der Waals surface area contributed by atoms with Gasteiger partial charge in [-0.25, -0.2) is 8.42 Å². The van der Waals surface area contributed by atoms with E-state index in [2.05, 4.69) is 10.6 Å². The normalized spacial score (nSPS) is 13.0. The molecule has 0 heterocycles. The molecule has 0 fully saturated rings. The Kier molecular flexibility index (Phi) is 5.01. The molecule has 1 atom stereocenters. The molecule has 92 valence electrons. The molecule has 1 rings (SSSR count). The number of benzene rings is 1. The van der Waals surface area contributed by atoms with Crippen LogP contribution < -0.4 is 4.72 Å². The lowest BCUT2D eigenvalue weighted by Crippen LogP contribution is -2.31. The van der Waals surface area contributed by atoms with Crippen molar-refractivity contribution in [2.45, 2.75) is 24.3 Å². The molecule has 17 heavy (non-hydrogen) atoms. The molecule has 1 aromatic rings. The molecule has 0 aliphatic heterocycles. The zero-order valence-electron chi connectivity index (χ0n) is 9.48. The zero-order chi connectivity index (χ0) is 12.9. The van der Waals surface area contributed by atoms with Gasteiger partial charge in [-0.2, -0.15) is 4.72 Å². The van der Waals surface area contributed by atoms with Gasteiger partial charge in [-0.3, -0.25) is 0 Å². The Labute approximate surface area is 107 Å². The van der Waals surface area contributed by atoms with Crippen LogP contribution in [0.25, 0.3) is 0 Å². The van der Waals surface area contributed by atoms with Crippen LogP contribution in [0.3, 0.4) is 0 Å². The van der Waals surface area contributed by atoms with E-state index in [1.165, 1.54) is 0 Å². The van der Waals surface area contributed by atoms with E-state index in [0.717, 1.165) is 12.0 Å². The molecule has 0 bridgehead atoms. The number of aryl methyl sites for hydroxylation is 1. The average Bonchev–Trinajstić information content (AvgIpc) is 2.29. The minimum absolute atomic E-state index is 0.206. The minimum Gasteiger partial charge on any atom is -0.207 e. The Balaban J connectivity index is 2.89. The van der Waals surface area contributed by atoms with Crippen molar-refractivity contribution in [3.05, 3.63) is 29.8 Å². The van der Waals surface area contributed by atoms with Gasteiger partial charge in [0, 0.05) is 5.88 Å². The van der Waals surface area contributed by atoms with E-state index in [1.54, 1.807) is 31.2 Å². The van der Waals surface area contributed by atoms with Crippen LogP contribution in [0.4, 0.5) is 0 Å². The Morgan fingerprint density at radius 1 is 1.41 bits per heavy atom. The lowest BCUT2D eigenvalue weighted by molar-refractivity contribution is 0.577. The van der Waals surface area contributed by atoms with Crippen molar-refractivity contribution in [2.75, 3.05) is 5.88 Å². The summed E-state index contributed by atoms with van der Waals surface area (Å²) in [4.78, 5) is 0.206. The third-order valence-corrected chi connectivity index (χ3v) is 3.94. The topological polar surface area (TPSA) is 46.2 Å². The van der Waals surface area contributed by atoms with E-state index in [0.29, 0.717) is 5.88 Å². The second-order valence-corrected chi connectivity index (χ2v) is 5.68. The first-order chi connectivity index (χ1) is 7.99. The maximum absolute atomic E-state index is 11.8. The smallest absolute Gasteiger partial charge is 0.207 e. The first-order valence-electron chi connectivity index (χ1n) is 5.13. The molecule has 0 aromatic heterocycles. The Morgan fingerprint density at radius 3 is 2.47 bits per heavy atom. The van der Waals surface area contributed by atoms with Gasteiger partial charge in [0.25, 0.3) is 0 Å². The van der Waals surface area contributed by atoms with Crippen LogP contribution in [0.1, 0.15) is 12.5 Å². The summed E-state index contributed by atoms with van der Waals surface area (Å²) in [6.07, 6.45) is 5.85. The highest BCUT2D eigenvalue weighted by atomic mass is 35.5. The van der Waals surface area contributed by atoms with Crippen molar-refractivity contribution in [3.63, 3.8) is 0 Å². The molecular weight excluding hydrogens is 258 g/mol. The van der Waals surface area contributed by atoms with E-state index < -0.39 is 16.1 Å². The van der Waals surface area contributed by atoms with E-state index in [4.69, 9.17) is 18.0 Å². The Bertz CT molecular complexity index is 502. The van der Waals surface area contributed by atoms with Gasteiger partial charge in [0.1, 0.15) is 0 Å². The predicted molar refractivity (Wildman–Crippen MR) is 69.5 cm³/mol. The largest absolute Gasteiger partial charge is 0.241 e. The van der Waals surface area contributed by atoms with Crippen LogP contribution in [0.5, 0.6) is 0 Å². The van der Waals surface area contributed by atoms with Gasteiger partial charge in [0.05, 0.1) is 10.9 Å². The third kappa shape index (κ3) is 4.04. The monoisotopic (exact) mass is 271 g/mol. The van der Waals surface area contributed by atoms with Gasteiger partial charge in [-0.15, -0.1) is 18.0 Å². The van der Waals surface area contributed by atoms with Crippen molar-refractivity contribution < 1.29 is 8.42 Å². The summed E-state index contributed by atoms with van der Waals surface area (Å²) in [5.74, 6) is 2.83. The third-order valence-electron chi connectivity index (χ3n) is 2.20. The predicted octanol–water partition coefficient (Wildman–Crippen LogP) is 1.77. The number of hydrogen-bond donors (Lipinski definition) is 1. The second-order valence-electron chi connectivity index (χ2n) is 3.59. The highest BCUT2D eigenvalue weighted by Gasteiger charge is 2.15. The first-order valence-corrected chi connectivity index (χ1v) is 7.14. The Hall–Kier alpha value is -1.02. The zero-order valence-corrected chi connectivity index (χ0v) is 11.1. The quantitative estimate of drug-likeness (QED) is 0.655. The van der Waals surface area contributed by atoms with Crippen molar-refractivity contribution in [3.8, 4) is 12.3 Å². The number of rotatable bonds is 5. The summed E-state index contributed by atoms with van der Waals surface area (Å²) in [7, 11) is -3.53. The SMILES string of the molecule is C#CC(C)NS(=O)(=O)c1ccc(CCCl)cc1. The van der Waals surface area contributed by atoms with E-state index in [9.17, 15) is 8.42 Å². The molecule has 0 radical (unpaired) electrons. The summed E-state index contributed by atoms with van der Waals surface area (Å²) in [5, 5.41) is 0. The highest BCUT2D eigenvalue weighted by molar-refractivity contribution is 7.89. The van der Waals surface area contributed by atoms with Crippen LogP contribution in [0.15, 0.2) is 29.2 Å². The first kappa shape index (κ1) is 14.0. The fourth-order valence-corrected chi connectivity index (χ4v) is 2.66. The van der Waals surface area contributed by atoms with Gasteiger partial charge in [-0.1, -0.05) is 18.1 Å². The fraction of sp³-hybridized carbons (Fsp3) is 0.333. The average molecular weight is 272 g/mol. The lowest BCUT2D eigenvalue weighted by atomic mass is 10.2. The molecular formula is C12H14ClNO2S. The molecule has 5 heteroatoms. The number of hydrogen-bond acceptors (Lipinski definition) is 2. The van der Waals surface area contributed by atoms with E-state index >= 15 is 0 Å². The van der Waals surface area contributed by atoms with Crippen LogP contribution in [-0.2, 0) is 16.4 Å². The molecule has 0 aliphatic rings. The maximum atomic E-state index is 11.8. The minimum atomic E-state index is -3.53. The van der Waals surface area contributed by atoms with E-state index in [-0.39, 0.29) is 4.90 Å². The molecule has 0 saturated carbocycles. The molecule has 0 aliphatic carbocycles. The van der Waals surface area contributed by atoms with Gasteiger partial charge in [-0.05, 0) is 31.0 Å². The summed E-state index contributed by atoms with van der Waals surface area (Å²) in [5.41, 5.74) is 1.00. The molecule has 1 N–H and O–H groups in total. The highest BCUT2D eigenvalue weighted by Crippen LogP contribution is 2.11. The fourth-order valence-electron chi connectivity index (χ4n) is 1.28. The lowest BCUT2D eigenvalue weighted by Gasteiger charge is -2.09. The number of sulfonamides is 1. The molecule has 1 aromatic carbocycles. The number of nitrogens with one attached hydrogen (secondary N) is 1. The maximum Gasteiger partial charge on any atom is 0.241 e. The van der Waals surface area contributed by atoms with Crippen LogP contribution in [-0.4, -0.2) is 20.3 Å². The number of halogens is 1. The molecule has 0 saturated heterocycles. The second kappa shape index (κ2) is 6.06. The van der Waals surface area contributed by atoms with Crippen molar-refractivity contribution in [1.29, 1.82) is 0 Å². The number of terminal acetylenes is 1. The Morgan fingerprint density at radius 2 is 2.00 bits per heavy atom. The van der Waals surface area contributed by atoms with Gasteiger partial charge in [0.15, 0.2) is 0 Å². The van der Waals surface area contributed by atoms with Crippen molar-refractivity contribution in [1.82, 2.24) is 4.72 Å². The molecule has 1 unspecified atom stereocenters. The summed E-state index contributed by atoms with van der Waals surface area (Å²) in [6, 6.07) is 6.07. The summed E-state index contributed by atoms with van der Waals surface area (Å²) < 4.78 is 26.1. The summed E-state index contributed by atoms with van der Waals surface area (Å²) in [6.45, 7) is 1.61. The van der Waals surface area contributed by atoms with Gasteiger partial charge in [0.2, 0.25) is 10.0 Å². The van der Waals surface area contributed by atoms with Crippen LogP contribution in [0, 0.1) is 12.3 Å². The molecule has 3 nitrogen and oxygen atoms in total. The van der Waals surface area contributed by atoms with E-state index in [1.807, 2.05) is 0 Å². The summed E-state index contributed by atoms with van der Waals surface area (Å²) >= 11 is 5.60. The van der Waals surface area contributed by atoms with Crippen LogP contribution in [0.2, 0.25) is 0 Å². The van der Waals surface area contributed by atoms with Gasteiger partial charge >= 0.3 is 0 Å². The van der Waals surface area contributed by atoms with Crippen molar-refractivity contribution in [2.24, 2.45) is 0 Å². The molecule has 0 spiro atoms. The van der Waals surface area contributed by atoms with Crippen molar-refractivity contribution >= 4 is 21.6 Å². The standard InChI is InChI=1S/C12H14ClNO2S/c1-3-10(2)14-17(15,16)12-6-4-11(5-7-12)8-9-13/h1,4-7,10,14H,8-9H2,2H3. The number of alkyl halides is 1. The van der Waals surface area contributed by atoms with Gasteiger partial charge < -0.3 is 0 Å².